The van der Waals surface area contributed by atoms with Crippen LogP contribution in [-0.2, 0) is 17.8 Å². The van der Waals surface area contributed by atoms with E-state index in [2.05, 4.69) is 20.4 Å². The molecule has 8 heteroatoms. The van der Waals surface area contributed by atoms with Crippen molar-refractivity contribution in [3.05, 3.63) is 93.8 Å². The van der Waals surface area contributed by atoms with Gasteiger partial charge in [-0.15, -0.1) is 0 Å². The molecule has 0 saturated carbocycles. The van der Waals surface area contributed by atoms with Crippen molar-refractivity contribution in [1.29, 1.82) is 0 Å². The minimum atomic E-state index is -0.406. The number of aromatic nitrogens is 4. The molecule has 0 spiro atoms. The highest BCUT2D eigenvalue weighted by Crippen LogP contribution is 2.16. The zero-order chi connectivity index (χ0) is 20.2. The van der Waals surface area contributed by atoms with E-state index in [-0.39, 0.29) is 12.1 Å². The lowest BCUT2D eigenvalue weighted by Crippen LogP contribution is -2.31. The van der Waals surface area contributed by atoms with Gasteiger partial charge < -0.3 is 5.32 Å². The molecule has 0 atom stereocenters. The second kappa shape index (κ2) is 8.20. The standard InChI is InChI=1S/C21H16ClN5O2/c22-15-7-8-19(24-12-15)25-20(28)13-27-21(29)17-6-2-1-5-16(17)18(26-27)10-14-4-3-9-23-11-14/h1-9,11-12H,10,13H2,(H,24,25,28). The quantitative estimate of drug-likeness (QED) is 0.551. The maximum Gasteiger partial charge on any atom is 0.275 e. The van der Waals surface area contributed by atoms with Crippen LogP contribution in [-0.4, -0.2) is 25.7 Å². The molecule has 3 aromatic heterocycles. The molecule has 4 rings (SSSR count). The van der Waals surface area contributed by atoms with Crippen molar-refractivity contribution >= 4 is 34.1 Å². The number of carbonyl (C=O) groups is 1. The first-order chi connectivity index (χ1) is 14.1. The van der Waals surface area contributed by atoms with E-state index in [1.54, 1.807) is 36.7 Å². The molecule has 4 aromatic rings. The van der Waals surface area contributed by atoms with Gasteiger partial charge in [-0.25, -0.2) is 9.67 Å². The number of halogens is 1. The van der Waals surface area contributed by atoms with Crippen LogP contribution in [0.15, 0.2) is 71.9 Å². The van der Waals surface area contributed by atoms with Gasteiger partial charge in [-0.05, 0) is 29.8 Å². The number of amides is 1. The van der Waals surface area contributed by atoms with E-state index in [9.17, 15) is 9.59 Å². The Balaban J connectivity index is 1.66. The van der Waals surface area contributed by atoms with E-state index in [4.69, 9.17) is 11.6 Å². The van der Waals surface area contributed by atoms with Crippen LogP contribution in [0.2, 0.25) is 5.02 Å². The summed E-state index contributed by atoms with van der Waals surface area (Å²) in [4.78, 5) is 33.4. The summed E-state index contributed by atoms with van der Waals surface area (Å²) < 4.78 is 1.18. The molecule has 0 aliphatic rings. The molecule has 144 valence electrons. The van der Waals surface area contributed by atoms with E-state index in [0.29, 0.717) is 28.3 Å². The summed E-state index contributed by atoms with van der Waals surface area (Å²) in [6.07, 6.45) is 5.38. The molecule has 0 unspecified atom stereocenters. The third kappa shape index (κ3) is 4.30. The lowest BCUT2D eigenvalue weighted by atomic mass is 10.1. The number of benzene rings is 1. The summed E-state index contributed by atoms with van der Waals surface area (Å²) in [5.41, 5.74) is 1.34. The Hall–Kier alpha value is -3.58. The number of pyridine rings is 2. The van der Waals surface area contributed by atoms with Gasteiger partial charge in [-0.2, -0.15) is 5.10 Å². The minimum Gasteiger partial charge on any atom is -0.309 e. The highest BCUT2D eigenvalue weighted by atomic mass is 35.5. The summed E-state index contributed by atoms with van der Waals surface area (Å²) in [5.74, 6) is -0.0548. The van der Waals surface area contributed by atoms with Crippen LogP contribution in [0.4, 0.5) is 5.82 Å². The third-order valence-electron chi connectivity index (χ3n) is 4.33. The monoisotopic (exact) mass is 405 g/mol. The highest BCUT2D eigenvalue weighted by Gasteiger charge is 2.14. The fourth-order valence-electron chi connectivity index (χ4n) is 3.01. The zero-order valence-corrected chi connectivity index (χ0v) is 16.0. The summed E-state index contributed by atoms with van der Waals surface area (Å²) >= 11 is 5.80. The van der Waals surface area contributed by atoms with Crippen LogP contribution in [0.1, 0.15) is 11.3 Å². The number of nitrogens with zero attached hydrogens (tertiary/aromatic N) is 4. The molecule has 1 amide bonds. The van der Waals surface area contributed by atoms with Crippen molar-refractivity contribution in [2.24, 2.45) is 0 Å². The Bertz CT molecular complexity index is 1220. The molecule has 0 fully saturated rings. The second-order valence-corrected chi connectivity index (χ2v) is 6.84. The maximum absolute atomic E-state index is 12.8. The molecule has 0 aliphatic heterocycles. The van der Waals surface area contributed by atoms with Gasteiger partial charge in [0.1, 0.15) is 12.4 Å². The van der Waals surface area contributed by atoms with Gasteiger partial charge in [-0.1, -0.05) is 35.9 Å². The van der Waals surface area contributed by atoms with Crippen LogP contribution < -0.4 is 10.9 Å². The summed E-state index contributed by atoms with van der Waals surface area (Å²) in [7, 11) is 0. The maximum atomic E-state index is 12.8. The van der Waals surface area contributed by atoms with Crippen LogP contribution >= 0.6 is 11.6 Å². The van der Waals surface area contributed by atoms with Crippen molar-refractivity contribution in [2.45, 2.75) is 13.0 Å². The number of carbonyl (C=O) groups excluding carboxylic acids is 1. The van der Waals surface area contributed by atoms with Crippen molar-refractivity contribution in [3.8, 4) is 0 Å². The SMILES string of the molecule is O=C(Cn1nc(Cc2cccnc2)c2ccccc2c1=O)Nc1ccc(Cl)cn1. The molecule has 29 heavy (non-hydrogen) atoms. The summed E-state index contributed by atoms with van der Waals surface area (Å²) in [6, 6.07) is 14.2. The molecule has 7 nitrogen and oxygen atoms in total. The first-order valence-electron chi connectivity index (χ1n) is 8.89. The fraction of sp³-hybridized carbons (Fsp3) is 0.0952. The molecular formula is C21H16ClN5O2. The summed E-state index contributed by atoms with van der Waals surface area (Å²) in [5, 5.41) is 8.85. The van der Waals surface area contributed by atoms with Crippen LogP contribution in [0.25, 0.3) is 10.8 Å². The van der Waals surface area contributed by atoms with E-state index in [1.807, 2.05) is 24.3 Å². The molecule has 1 aromatic carbocycles. The van der Waals surface area contributed by atoms with E-state index >= 15 is 0 Å². The Morgan fingerprint density at radius 3 is 2.59 bits per heavy atom. The highest BCUT2D eigenvalue weighted by molar-refractivity contribution is 6.30. The Morgan fingerprint density at radius 1 is 1.03 bits per heavy atom. The van der Waals surface area contributed by atoms with E-state index < -0.39 is 5.91 Å². The smallest absolute Gasteiger partial charge is 0.275 e. The number of rotatable bonds is 5. The largest absolute Gasteiger partial charge is 0.309 e. The molecular weight excluding hydrogens is 390 g/mol. The van der Waals surface area contributed by atoms with Crippen LogP contribution in [0, 0.1) is 0 Å². The number of hydrogen-bond acceptors (Lipinski definition) is 5. The van der Waals surface area contributed by atoms with Crippen molar-refractivity contribution < 1.29 is 4.79 Å². The molecule has 0 bridgehead atoms. The van der Waals surface area contributed by atoms with Crippen LogP contribution in [0.5, 0.6) is 0 Å². The van der Waals surface area contributed by atoms with E-state index in [1.165, 1.54) is 10.9 Å². The Morgan fingerprint density at radius 2 is 1.86 bits per heavy atom. The lowest BCUT2D eigenvalue weighted by molar-refractivity contribution is -0.117. The topological polar surface area (TPSA) is 89.8 Å². The van der Waals surface area contributed by atoms with Crippen molar-refractivity contribution in [1.82, 2.24) is 19.7 Å². The molecule has 0 saturated heterocycles. The molecule has 3 heterocycles. The van der Waals surface area contributed by atoms with Gasteiger partial charge in [0, 0.05) is 30.4 Å². The first kappa shape index (κ1) is 18.8. The fourth-order valence-corrected chi connectivity index (χ4v) is 3.12. The van der Waals surface area contributed by atoms with Gasteiger partial charge in [0.2, 0.25) is 5.91 Å². The van der Waals surface area contributed by atoms with Gasteiger partial charge >= 0.3 is 0 Å². The normalized spacial score (nSPS) is 10.8. The number of anilines is 1. The predicted octanol–water partition coefficient (Wildman–Crippen LogP) is 3.07. The van der Waals surface area contributed by atoms with Crippen LogP contribution in [0.3, 0.4) is 0 Å². The molecule has 1 N–H and O–H groups in total. The molecule has 0 aliphatic carbocycles. The van der Waals surface area contributed by atoms with Crippen molar-refractivity contribution in [3.63, 3.8) is 0 Å². The zero-order valence-electron chi connectivity index (χ0n) is 15.2. The number of fused-ring (bicyclic) bond motifs is 1. The van der Waals surface area contributed by atoms with Crippen molar-refractivity contribution in [2.75, 3.05) is 5.32 Å². The Labute approximate surface area is 171 Å². The predicted molar refractivity (Wildman–Crippen MR) is 111 cm³/mol. The average Bonchev–Trinajstić information content (AvgIpc) is 2.74. The minimum absolute atomic E-state index is 0.228. The van der Waals surface area contributed by atoms with E-state index in [0.717, 1.165) is 10.9 Å². The lowest BCUT2D eigenvalue weighted by Gasteiger charge is -2.11. The second-order valence-electron chi connectivity index (χ2n) is 6.40. The first-order valence-corrected chi connectivity index (χ1v) is 9.27. The average molecular weight is 406 g/mol. The third-order valence-corrected chi connectivity index (χ3v) is 4.55. The molecule has 0 radical (unpaired) electrons. The van der Waals surface area contributed by atoms with Gasteiger partial charge in [0.05, 0.1) is 16.1 Å². The van der Waals surface area contributed by atoms with Gasteiger partial charge in [0.25, 0.3) is 5.56 Å². The van der Waals surface area contributed by atoms with Gasteiger partial charge in [-0.3, -0.25) is 14.6 Å². The summed E-state index contributed by atoms with van der Waals surface area (Å²) in [6.45, 7) is -0.228. The number of hydrogen-bond donors (Lipinski definition) is 1. The van der Waals surface area contributed by atoms with Gasteiger partial charge in [0.15, 0.2) is 0 Å². The Kier molecular flexibility index (Phi) is 5.31. The number of nitrogens with one attached hydrogen (secondary N) is 1.